The molecule has 0 spiro atoms. The topological polar surface area (TPSA) is 104 Å². The number of rotatable bonds is 4. The van der Waals surface area contributed by atoms with Crippen molar-refractivity contribution in [3.8, 4) is 0 Å². The minimum atomic E-state index is -0.639. The Bertz CT molecular complexity index is 501. The van der Waals surface area contributed by atoms with Crippen molar-refractivity contribution in [1.82, 2.24) is 5.32 Å². The van der Waals surface area contributed by atoms with Crippen LogP contribution in [0.3, 0.4) is 0 Å². The third-order valence-corrected chi connectivity index (χ3v) is 3.87. The average Bonchev–Trinajstić information content (AvgIpc) is 2.48. The Kier molecular flexibility index (Phi) is 5.16. The van der Waals surface area contributed by atoms with Crippen molar-refractivity contribution in [2.75, 3.05) is 11.9 Å². The summed E-state index contributed by atoms with van der Waals surface area (Å²) in [5, 5.41) is 14.8. The SMILES string of the molecule is NC(=O)Nc1ccc(C(=O)NC2CCCCC2CO)cc1. The highest BCUT2D eigenvalue weighted by molar-refractivity contribution is 5.95. The molecular weight excluding hydrogens is 270 g/mol. The van der Waals surface area contributed by atoms with Gasteiger partial charge in [0.2, 0.25) is 0 Å². The van der Waals surface area contributed by atoms with Gasteiger partial charge in [-0.1, -0.05) is 12.8 Å². The van der Waals surface area contributed by atoms with E-state index < -0.39 is 6.03 Å². The molecule has 5 N–H and O–H groups in total. The summed E-state index contributed by atoms with van der Waals surface area (Å²) in [7, 11) is 0. The van der Waals surface area contributed by atoms with E-state index >= 15 is 0 Å². The lowest BCUT2D eigenvalue weighted by Crippen LogP contribution is -2.43. The van der Waals surface area contributed by atoms with Gasteiger partial charge in [-0.2, -0.15) is 0 Å². The zero-order valence-corrected chi connectivity index (χ0v) is 11.8. The number of primary amides is 1. The highest BCUT2D eigenvalue weighted by Crippen LogP contribution is 2.24. The van der Waals surface area contributed by atoms with E-state index in [-0.39, 0.29) is 24.5 Å². The Morgan fingerprint density at radius 3 is 2.48 bits per heavy atom. The lowest BCUT2D eigenvalue weighted by molar-refractivity contribution is 0.0872. The van der Waals surface area contributed by atoms with Crippen molar-refractivity contribution in [1.29, 1.82) is 0 Å². The molecule has 21 heavy (non-hydrogen) atoms. The molecule has 1 aliphatic rings. The first-order valence-corrected chi connectivity index (χ1v) is 7.18. The standard InChI is InChI=1S/C15H21N3O3/c16-15(21)17-12-7-5-10(6-8-12)14(20)18-13-4-2-1-3-11(13)9-19/h5-8,11,13,19H,1-4,9H2,(H,18,20)(H3,16,17,21). The maximum atomic E-state index is 12.2. The second-order valence-corrected chi connectivity index (χ2v) is 5.37. The third-order valence-electron chi connectivity index (χ3n) is 3.87. The molecule has 2 rings (SSSR count). The number of hydrogen-bond acceptors (Lipinski definition) is 3. The normalized spacial score (nSPS) is 21.6. The molecule has 114 valence electrons. The van der Waals surface area contributed by atoms with Gasteiger partial charge >= 0.3 is 6.03 Å². The summed E-state index contributed by atoms with van der Waals surface area (Å²) >= 11 is 0. The van der Waals surface area contributed by atoms with Crippen LogP contribution in [0.1, 0.15) is 36.0 Å². The van der Waals surface area contributed by atoms with Crippen molar-refractivity contribution < 1.29 is 14.7 Å². The largest absolute Gasteiger partial charge is 0.396 e. The first-order chi connectivity index (χ1) is 10.1. The zero-order valence-electron chi connectivity index (χ0n) is 11.8. The van der Waals surface area contributed by atoms with Gasteiger partial charge < -0.3 is 21.5 Å². The number of nitrogens with one attached hydrogen (secondary N) is 2. The van der Waals surface area contributed by atoms with Gasteiger partial charge in [-0.05, 0) is 37.1 Å². The Hall–Kier alpha value is -2.08. The van der Waals surface area contributed by atoms with Gasteiger partial charge in [-0.25, -0.2) is 4.79 Å². The van der Waals surface area contributed by atoms with Gasteiger partial charge in [0.05, 0.1) is 0 Å². The lowest BCUT2D eigenvalue weighted by Gasteiger charge is -2.30. The summed E-state index contributed by atoms with van der Waals surface area (Å²) in [4.78, 5) is 22.9. The number of carbonyl (C=O) groups excluding carboxylic acids is 2. The maximum absolute atomic E-state index is 12.2. The molecule has 2 unspecified atom stereocenters. The second-order valence-electron chi connectivity index (χ2n) is 5.37. The van der Waals surface area contributed by atoms with Crippen LogP contribution in [-0.2, 0) is 0 Å². The number of benzene rings is 1. The van der Waals surface area contributed by atoms with E-state index in [0.29, 0.717) is 11.3 Å². The molecule has 3 amide bonds. The minimum Gasteiger partial charge on any atom is -0.396 e. The third kappa shape index (κ3) is 4.19. The fraction of sp³-hybridized carbons (Fsp3) is 0.467. The summed E-state index contributed by atoms with van der Waals surface area (Å²) < 4.78 is 0. The smallest absolute Gasteiger partial charge is 0.316 e. The molecule has 1 aromatic rings. The quantitative estimate of drug-likeness (QED) is 0.675. The lowest BCUT2D eigenvalue weighted by atomic mass is 9.85. The molecule has 1 aromatic carbocycles. The van der Waals surface area contributed by atoms with Gasteiger partial charge in [0.15, 0.2) is 0 Å². The summed E-state index contributed by atoms with van der Waals surface area (Å²) in [5.74, 6) is -0.0236. The Balaban J connectivity index is 1.97. The van der Waals surface area contributed by atoms with Crippen LogP contribution < -0.4 is 16.4 Å². The number of anilines is 1. The first-order valence-electron chi connectivity index (χ1n) is 7.18. The molecule has 0 aliphatic heterocycles. The van der Waals surface area contributed by atoms with Crippen LogP contribution in [0, 0.1) is 5.92 Å². The number of aliphatic hydroxyl groups excluding tert-OH is 1. The van der Waals surface area contributed by atoms with Crippen molar-refractivity contribution in [3.05, 3.63) is 29.8 Å². The zero-order chi connectivity index (χ0) is 15.2. The van der Waals surface area contributed by atoms with Gasteiger partial charge in [0.1, 0.15) is 0 Å². The summed E-state index contributed by atoms with van der Waals surface area (Å²) in [6.07, 6.45) is 4.02. The van der Waals surface area contributed by atoms with E-state index in [9.17, 15) is 14.7 Å². The molecule has 6 heteroatoms. The van der Waals surface area contributed by atoms with Crippen LogP contribution in [-0.4, -0.2) is 29.7 Å². The summed E-state index contributed by atoms with van der Waals surface area (Å²) in [6, 6.07) is 5.92. The average molecular weight is 291 g/mol. The second kappa shape index (κ2) is 7.08. The van der Waals surface area contributed by atoms with Gasteiger partial charge in [-0.3, -0.25) is 4.79 Å². The summed E-state index contributed by atoms with van der Waals surface area (Å²) in [6.45, 7) is 0.104. The van der Waals surface area contributed by atoms with E-state index in [4.69, 9.17) is 5.73 Å². The van der Waals surface area contributed by atoms with Crippen molar-refractivity contribution in [2.45, 2.75) is 31.7 Å². The van der Waals surface area contributed by atoms with E-state index in [1.807, 2.05) is 0 Å². The highest BCUT2D eigenvalue weighted by Gasteiger charge is 2.26. The molecule has 0 radical (unpaired) electrons. The number of aliphatic hydroxyl groups is 1. The Labute approximate surface area is 123 Å². The first kappa shape index (κ1) is 15.3. The van der Waals surface area contributed by atoms with E-state index in [2.05, 4.69) is 10.6 Å². The molecular formula is C15H21N3O3. The molecule has 1 aliphatic carbocycles. The van der Waals surface area contributed by atoms with Crippen molar-refractivity contribution in [3.63, 3.8) is 0 Å². The minimum absolute atomic E-state index is 0.0275. The van der Waals surface area contributed by atoms with Gasteiger partial charge in [0, 0.05) is 29.8 Å². The van der Waals surface area contributed by atoms with E-state index in [1.165, 1.54) is 0 Å². The molecule has 0 bridgehead atoms. The highest BCUT2D eigenvalue weighted by atomic mass is 16.3. The van der Waals surface area contributed by atoms with E-state index in [1.54, 1.807) is 24.3 Å². The molecule has 1 saturated carbocycles. The van der Waals surface area contributed by atoms with Crippen LogP contribution >= 0.6 is 0 Å². The number of urea groups is 1. The van der Waals surface area contributed by atoms with Crippen LogP contribution in [0.2, 0.25) is 0 Å². The summed E-state index contributed by atoms with van der Waals surface area (Å²) in [5.41, 5.74) is 6.09. The molecule has 0 saturated heterocycles. The predicted molar refractivity (Wildman–Crippen MR) is 79.9 cm³/mol. The van der Waals surface area contributed by atoms with Gasteiger partial charge in [-0.15, -0.1) is 0 Å². The fourth-order valence-electron chi connectivity index (χ4n) is 2.72. The molecule has 0 aromatic heterocycles. The Morgan fingerprint density at radius 1 is 1.19 bits per heavy atom. The number of carbonyl (C=O) groups is 2. The molecule has 6 nitrogen and oxygen atoms in total. The number of nitrogens with two attached hydrogens (primary N) is 1. The predicted octanol–water partition coefficient (Wildman–Crippen LogP) is 1.46. The fourth-order valence-corrected chi connectivity index (χ4v) is 2.72. The number of amides is 3. The van der Waals surface area contributed by atoms with Crippen molar-refractivity contribution >= 4 is 17.6 Å². The van der Waals surface area contributed by atoms with Crippen LogP contribution in [0.5, 0.6) is 0 Å². The monoisotopic (exact) mass is 291 g/mol. The van der Waals surface area contributed by atoms with Crippen LogP contribution in [0.4, 0.5) is 10.5 Å². The molecule has 2 atom stereocenters. The van der Waals surface area contributed by atoms with Crippen LogP contribution in [0.15, 0.2) is 24.3 Å². The molecule has 0 heterocycles. The van der Waals surface area contributed by atoms with E-state index in [0.717, 1.165) is 25.7 Å². The molecule has 1 fully saturated rings. The van der Waals surface area contributed by atoms with Crippen molar-refractivity contribution in [2.24, 2.45) is 11.7 Å². The van der Waals surface area contributed by atoms with Gasteiger partial charge in [0.25, 0.3) is 5.91 Å². The number of hydrogen-bond donors (Lipinski definition) is 4. The maximum Gasteiger partial charge on any atom is 0.316 e. The Morgan fingerprint density at radius 2 is 1.86 bits per heavy atom. The van der Waals surface area contributed by atoms with Crippen LogP contribution in [0.25, 0.3) is 0 Å².